The Labute approximate surface area is 105 Å². The van der Waals surface area contributed by atoms with E-state index in [2.05, 4.69) is 24.4 Å². The summed E-state index contributed by atoms with van der Waals surface area (Å²) >= 11 is 0. The summed E-state index contributed by atoms with van der Waals surface area (Å²) in [7, 11) is 0. The summed E-state index contributed by atoms with van der Waals surface area (Å²) in [6.07, 6.45) is 1.26. The van der Waals surface area contributed by atoms with Gasteiger partial charge in [0.25, 0.3) is 0 Å². The fraction of sp³-hybridized carbons (Fsp3) is 0.214. The van der Waals surface area contributed by atoms with Gasteiger partial charge in [0.15, 0.2) is 0 Å². The maximum absolute atomic E-state index is 10.7. The first-order chi connectivity index (χ1) is 8.66. The minimum atomic E-state index is -0.969. The zero-order valence-electron chi connectivity index (χ0n) is 10.1. The van der Waals surface area contributed by atoms with E-state index in [0.29, 0.717) is 12.3 Å². The highest BCUT2D eigenvalue weighted by molar-refractivity contribution is 5.87. The molecule has 0 aliphatic rings. The van der Waals surface area contributed by atoms with Crippen LogP contribution in [0, 0.1) is 6.92 Å². The molecule has 1 aromatic carbocycles. The smallest absolute Gasteiger partial charge is 0.338 e. The van der Waals surface area contributed by atoms with Gasteiger partial charge in [0.2, 0.25) is 0 Å². The summed E-state index contributed by atoms with van der Waals surface area (Å²) in [5.41, 5.74) is 2.64. The minimum Gasteiger partial charge on any atom is -0.478 e. The molecule has 2 rings (SSSR count). The Kier molecular flexibility index (Phi) is 3.79. The molecule has 94 valence electrons. The molecule has 4 heteroatoms. The van der Waals surface area contributed by atoms with Crippen molar-refractivity contribution in [2.45, 2.75) is 20.0 Å². The van der Waals surface area contributed by atoms with Gasteiger partial charge in [-0.2, -0.15) is 0 Å². The molecule has 0 aliphatic heterocycles. The largest absolute Gasteiger partial charge is 0.478 e. The molecule has 0 bridgehead atoms. The fourth-order valence-corrected chi connectivity index (χ4v) is 1.71. The monoisotopic (exact) mass is 245 g/mol. The van der Waals surface area contributed by atoms with Crippen LogP contribution < -0.4 is 5.32 Å². The summed E-state index contributed by atoms with van der Waals surface area (Å²) < 4.78 is 5.15. The van der Waals surface area contributed by atoms with Crippen molar-refractivity contribution in [1.82, 2.24) is 5.32 Å². The van der Waals surface area contributed by atoms with Gasteiger partial charge in [0.05, 0.1) is 12.1 Å². The van der Waals surface area contributed by atoms with Gasteiger partial charge in [-0.15, -0.1) is 0 Å². The van der Waals surface area contributed by atoms with Gasteiger partial charge in [0.1, 0.15) is 12.0 Å². The molecule has 0 saturated carbocycles. The van der Waals surface area contributed by atoms with Crippen molar-refractivity contribution < 1.29 is 14.3 Å². The molecule has 0 amide bonds. The van der Waals surface area contributed by atoms with Crippen LogP contribution in [0.15, 0.2) is 41.0 Å². The van der Waals surface area contributed by atoms with Crippen LogP contribution in [0.5, 0.6) is 0 Å². The lowest BCUT2D eigenvalue weighted by Gasteiger charge is -2.05. The van der Waals surface area contributed by atoms with Crippen LogP contribution in [0.4, 0.5) is 0 Å². The summed E-state index contributed by atoms with van der Waals surface area (Å²) in [5.74, 6) is -0.343. The Hall–Kier alpha value is -2.07. The topological polar surface area (TPSA) is 62.5 Å². The Morgan fingerprint density at radius 2 is 2.11 bits per heavy atom. The number of rotatable bonds is 5. The molecule has 0 atom stereocenters. The molecule has 0 unspecified atom stereocenters. The number of carbonyl (C=O) groups is 1. The van der Waals surface area contributed by atoms with Gasteiger partial charge in [-0.25, -0.2) is 4.79 Å². The zero-order valence-corrected chi connectivity index (χ0v) is 10.1. The number of nitrogens with one attached hydrogen (secondary N) is 1. The molecule has 0 radical (unpaired) electrons. The van der Waals surface area contributed by atoms with Gasteiger partial charge in [-0.3, -0.25) is 0 Å². The van der Waals surface area contributed by atoms with Crippen LogP contribution in [-0.4, -0.2) is 11.1 Å². The summed E-state index contributed by atoms with van der Waals surface area (Å²) in [5, 5.41) is 12.0. The molecule has 4 nitrogen and oxygen atoms in total. The van der Waals surface area contributed by atoms with E-state index < -0.39 is 5.97 Å². The van der Waals surface area contributed by atoms with Gasteiger partial charge in [0, 0.05) is 6.54 Å². The van der Waals surface area contributed by atoms with Crippen molar-refractivity contribution in [3.63, 3.8) is 0 Å². The third kappa shape index (κ3) is 2.99. The highest BCUT2D eigenvalue weighted by Gasteiger charge is 2.07. The first kappa shape index (κ1) is 12.4. The number of benzene rings is 1. The lowest BCUT2D eigenvalue weighted by atomic mass is 10.1. The third-order valence-electron chi connectivity index (χ3n) is 2.78. The number of carboxylic acid groups (broad SMARTS) is 1. The molecule has 1 heterocycles. The van der Waals surface area contributed by atoms with Crippen LogP contribution >= 0.6 is 0 Å². The second-order valence-corrected chi connectivity index (χ2v) is 4.14. The van der Waals surface area contributed by atoms with Crippen molar-refractivity contribution in [2.24, 2.45) is 0 Å². The Morgan fingerprint density at radius 3 is 2.78 bits per heavy atom. The van der Waals surface area contributed by atoms with E-state index in [1.54, 1.807) is 0 Å². The first-order valence-corrected chi connectivity index (χ1v) is 5.73. The second kappa shape index (κ2) is 5.51. The van der Waals surface area contributed by atoms with Crippen molar-refractivity contribution in [3.8, 4) is 0 Å². The van der Waals surface area contributed by atoms with E-state index in [1.165, 1.54) is 23.5 Å². The normalized spacial score (nSPS) is 10.5. The Balaban J connectivity index is 1.88. The van der Waals surface area contributed by atoms with Gasteiger partial charge >= 0.3 is 5.97 Å². The lowest BCUT2D eigenvalue weighted by Crippen LogP contribution is -2.12. The first-order valence-electron chi connectivity index (χ1n) is 5.73. The fourth-order valence-electron chi connectivity index (χ4n) is 1.71. The summed E-state index contributed by atoms with van der Waals surface area (Å²) in [6.45, 7) is 3.31. The summed E-state index contributed by atoms with van der Waals surface area (Å²) in [6, 6.07) is 9.66. The highest BCUT2D eigenvalue weighted by atomic mass is 16.4. The predicted molar refractivity (Wildman–Crippen MR) is 67.4 cm³/mol. The molecular weight excluding hydrogens is 230 g/mol. The number of furan rings is 1. The quantitative estimate of drug-likeness (QED) is 0.849. The number of aryl methyl sites for hydroxylation is 1. The Bertz CT molecular complexity index is 545. The molecule has 18 heavy (non-hydrogen) atoms. The molecule has 2 aromatic rings. The van der Waals surface area contributed by atoms with E-state index in [0.717, 1.165) is 6.54 Å². The molecule has 2 N–H and O–H groups in total. The number of hydrogen-bond acceptors (Lipinski definition) is 3. The van der Waals surface area contributed by atoms with Crippen molar-refractivity contribution in [3.05, 3.63) is 59.0 Å². The van der Waals surface area contributed by atoms with E-state index in [9.17, 15) is 4.79 Å². The van der Waals surface area contributed by atoms with Crippen molar-refractivity contribution in [2.75, 3.05) is 0 Å². The third-order valence-corrected chi connectivity index (χ3v) is 2.78. The van der Waals surface area contributed by atoms with Crippen LogP contribution in [0.1, 0.15) is 27.2 Å². The maximum atomic E-state index is 10.7. The second-order valence-electron chi connectivity index (χ2n) is 4.14. The number of aromatic carboxylic acids is 1. The zero-order chi connectivity index (χ0) is 13.0. The van der Waals surface area contributed by atoms with Crippen LogP contribution in [0.3, 0.4) is 0 Å². The molecule has 0 saturated heterocycles. The highest BCUT2D eigenvalue weighted by Crippen LogP contribution is 2.09. The Morgan fingerprint density at radius 1 is 1.33 bits per heavy atom. The van der Waals surface area contributed by atoms with Crippen LogP contribution in [0.25, 0.3) is 0 Å². The van der Waals surface area contributed by atoms with Gasteiger partial charge in [-0.05, 0) is 24.1 Å². The number of carboxylic acids is 1. The predicted octanol–water partition coefficient (Wildman–Crippen LogP) is 2.58. The van der Waals surface area contributed by atoms with E-state index in [-0.39, 0.29) is 5.56 Å². The SMILES string of the molecule is Cc1ccccc1CNCc1cc(C(=O)O)co1. The van der Waals surface area contributed by atoms with E-state index in [4.69, 9.17) is 9.52 Å². The number of hydrogen-bond donors (Lipinski definition) is 2. The van der Waals surface area contributed by atoms with Gasteiger partial charge < -0.3 is 14.8 Å². The average molecular weight is 245 g/mol. The summed E-state index contributed by atoms with van der Waals surface area (Å²) in [4.78, 5) is 10.7. The van der Waals surface area contributed by atoms with E-state index in [1.807, 2.05) is 12.1 Å². The molecule has 1 aromatic heterocycles. The van der Waals surface area contributed by atoms with E-state index >= 15 is 0 Å². The average Bonchev–Trinajstić information content (AvgIpc) is 2.80. The molecule has 0 aliphatic carbocycles. The standard InChI is InChI=1S/C14H15NO3/c1-10-4-2-3-5-11(10)7-15-8-13-6-12(9-18-13)14(16)17/h2-6,9,15H,7-8H2,1H3,(H,16,17). The van der Waals surface area contributed by atoms with Crippen molar-refractivity contribution >= 4 is 5.97 Å². The lowest BCUT2D eigenvalue weighted by molar-refractivity contribution is 0.0696. The molecule has 0 fully saturated rings. The van der Waals surface area contributed by atoms with Crippen molar-refractivity contribution in [1.29, 1.82) is 0 Å². The van der Waals surface area contributed by atoms with Crippen LogP contribution in [-0.2, 0) is 13.1 Å². The van der Waals surface area contributed by atoms with Crippen LogP contribution in [0.2, 0.25) is 0 Å². The minimum absolute atomic E-state index is 0.183. The molecule has 0 spiro atoms. The van der Waals surface area contributed by atoms with Gasteiger partial charge in [-0.1, -0.05) is 24.3 Å². The molecular formula is C14H15NO3. The maximum Gasteiger partial charge on any atom is 0.338 e.